The summed E-state index contributed by atoms with van der Waals surface area (Å²) >= 11 is 4.78. The molecule has 0 radical (unpaired) electrons. The SMILES string of the molecule is Nc1nc(I)cc(C(F)F)c1Br. The second-order valence-corrected chi connectivity index (χ2v) is 3.93. The van der Waals surface area contributed by atoms with Crippen molar-refractivity contribution >= 4 is 44.3 Å². The molecule has 0 bridgehead atoms. The fraction of sp³-hybridized carbons (Fsp3) is 0.167. The van der Waals surface area contributed by atoms with Crippen molar-refractivity contribution in [1.29, 1.82) is 0 Å². The summed E-state index contributed by atoms with van der Waals surface area (Å²) < 4.78 is 25.2. The lowest BCUT2D eigenvalue weighted by molar-refractivity contribution is 0.150. The molecule has 6 heteroatoms. The number of halogens is 4. The summed E-state index contributed by atoms with van der Waals surface area (Å²) in [7, 11) is 0. The van der Waals surface area contributed by atoms with Gasteiger partial charge in [-0.2, -0.15) is 0 Å². The molecule has 0 fully saturated rings. The first-order valence-corrected chi connectivity index (χ1v) is 4.79. The van der Waals surface area contributed by atoms with Gasteiger partial charge >= 0.3 is 0 Å². The van der Waals surface area contributed by atoms with Crippen LogP contribution in [0.4, 0.5) is 14.6 Å². The average Bonchev–Trinajstić information content (AvgIpc) is 1.96. The van der Waals surface area contributed by atoms with Crippen LogP contribution < -0.4 is 5.73 Å². The summed E-state index contributed by atoms with van der Waals surface area (Å²) in [6, 6.07) is 1.30. The highest BCUT2D eigenvalue weighted by molar-refractivity contribution is 14.1. The van der Waals surface area contributed by atoms with E-state index in [0.717, 1.165) is 0 Å². The second-order valence-electron chi connectivity index (χ2n) is 2.03. The standard InChI is InChI=1S/C6H4BrF2IN2/c7-4-2(5(8)9)1-3(10)12-6(4)11/h1,5H,(H2,11,12). The first-order chi connectivity index (χ1) is 5.52. The molecule has 2 N–H and O–H groups in total. The Bertz CT molecular complexity index is 306. The number of nitrogens with zero attached hydrogens (tertiary/aromatic N) is 1. The van der Waals surface area contributed by atoms with Crippen LogP contribution in [0.2, 0.25) is 0 Å². The fourth-order valence-corrected chi connectivity index (χ4v) is 1.67. The van der Waals surface area contributed by atoms with Crippen LogP contribution in [0, 0.1) is 3.70 Å². The molecular weight excluding hydrogens is 345 g/mol. The van der Waals surface area contributed by atoms with Gasteiger partial charge in [0.15, 0.2) is 0 Å². The van der Waals surface area contributed by atoms with E-state index < -0.39 is 6.43 Å². The summed E-state index contributed by atoms with van der Waals surface area (Å²) in [5.41, 5.74) is 5.24. The molecule has 0 aromatic carbocycles. The number of alkyl halides is 2. The maximum absolute atomic E-state index is 12.3. The highest BCUT2D eigenvalue weighted by Crippen LogP contribution is 2.31. The number of rotatable bonds is 1. The van der Waals surface area contributed by atoms with Gasteiger partial charge in [-0.15, -0.1) is 0 Å². The fourth-order valence-electron chi connectivity index (χ4n) is 0.695. The molecule has 0 aliphatic carbocycles. The van der Waals surface area contributed by atoms with Crippen LogP contribution in [0.25, 0.3) is 0 Å². The van der Waals surface area contributed by atoms with E-state index >= 15 is 0 Å². The topological polar surface area (TPSA) is 38.9 Å². The Morgan fingerprint density at radius 3 is 2.67 bits per heavy atom. The molecule has 1 aromatic heterocycles. The molecule has 0 saturated heterocycles. The van der Waals surface area contributed by atoms with E-state index in [4.69, 9.17) is 5.73 Å². The molecule has 1 aromatic rings. The monoisotopic (exact) mass is 348 g/mol. The molecule has 0 amide bonds. The summed E-state index contributed by atoms with van der Waals surface area (Å²) in [5.74, 6) is 0.0946. The third kappa shape index (κ3) is 2.03. The van der Waals surface area contributed by atoms with Crippen LogP contribution in [-0.2, 0) is 0 Å². The number of anilines is 1. The molecule has 12 heavy (non-hydrogen) atoms. The summed E-state index contributed by atoms with van der Waals surface area (Å²) in [4.78, 5) is 3.80. The van der Waals surface area contributed by atoms with E-state index in [0.29, 0.717) is 3.70 Å². The van der Waals surface area contributed by atoms with E-state index in [1.54, 1.807) is 0 Å². The van der Waals surface area contributed by atoms with Gasteiger partial charge in [0.25, 0.3) is 6.43 Å². The van der Waals surface area contributed by atoms with Gasteiger partial charge in [0.2, 0.25) is 0 Å². The van der Waals surface area contributed by atoms with Crippen molar-refractivity contribution in [2.24, 2.45) is 0 Å². The molecule has 0 spiro atoms. The van der Waals surface area contributed by atoms with Gasteiger partial charge in [-0.05, 0) is 44.6 Å². The average molecular weight is 349 g/mol. The number of nitrogen functional groups attached to an aromatic ring is 1. The Morgan fingerprint density at radius 1 is 1.58 bits per heavy atom. The van der Waals surface area contributed by atoms with Crippen LogP contribution in [-0.4, -0.2) is 4.98 Å². The van der Waals surface area contributed by atoms with Crippen molar-refractivity contribution in [2.75, 3.05) is 5.73 Å². The zero-order chi connectivity index (χ0) is 9.30. The van der Waals surface area contributed by atoms with E-state index in [9.17, 15) is 8.78 Å². The molecule has 1 rings (SSSR count). The van der Waals surface area contributed by atoms with Gasteiger partial charge < -0.3 is 5.73 Å². The van der Waals surface area contributed by atoms with Crippen LogP contribution >= 0.6 is 38.5 Å². The second kappa shape index (κ2) is 3.82. The number of aromatic nitrogens is 1. The normalized spacial score (nSPS) is 10.8. The minimum Gasteiger partial charge on any atom is -0.383 e. The molecule has 1 heterocycles. The molecule has 0 unspecified atom stereocenters. The van der Waals surface area contributed by atoms with Crippen molar-refractivity contribution < 1.29 is 8.78 Å². The number of hydrogen-bond acceptors (Lipinski definition) is 2. The van der Waals surface area contributed by atoms with E-state index in [1.165, 1.54) is 6.07 Å². The van der Waals surface area contributed by atoms with Crippen molar-refractivity contribution in [3.8, 4) is 0 Å². The molecule has 66 valence electrons. The molecule has 0 atom stereocenters. The summed E-state index contributed by atoms with van der Waals surface area (Å²) in [5, 5.41) is 0. The third-order valence-electron chi connectivity index (χ3n) is 1.22. The summed E-state index contributed by atoms with van der Waals surface area (Å²) in [6.45, 7) is 0. The maximum atomic E-state index is 12.3. The molecular formula is C6H4BrF2IN2. The number of nitrogens with two attached hydrogens (primary N) is 1. The molecule has 0 saturated carbocycles. The van der Waals surface area contributed by atoms with E-state index in [2.05, 4.69) is 20.9 Å². The van der Waals surface area contributed by atoms with Crippen molar-refractivity contribution in [2.45, 2.75) is 6.43 Å². The molecule has 0 aliphatic heterocycles. The van der Waals surface area contributed by atoms with Crippen molar-refractivity contribution in [3.63, 3.8) is 0 Å². The minimum absolute atomic E-state index is 0.0946. The van der Waals surface area contributed by atoms with Crippen LogP contribution in [0.3, 0.4) is 0 Å². The van der Waals surface area contributed by atoms with Crippen LogP contribution in [0.5, 0.6) is 0 Å². The lowest BCUT2D eigenvalue weighted by Crippen LogP contribution is -1.98. The smallest absolute Gasteiger partial charge is 0.265 e. The number of pyridine rings is 1. The van der Waals surface area contributed by atoms with Gasteiger partial charge in [0.1, 0.15) is 9.52 Å². The Hall–Kier alpha value is 0.0200. The molecule has 0 aliphatic rings. The number of hydrogen-bond donors (Lipinski definition) is 1. The highest BCUT2D eigenvalue weighted by Gasteiger charge is 2.15. The van der Waals surface area contributed by atoms with Gasteiger partial charge in [0, 0.05) is 5.56 Å². The zero-order valence-electron chi connectivity index (χ0n) is 5.69. The van der Waals surface area contributed by atoms with Gasteiger partial charge in [-0.3, -0.25) is 0 Å². The lowest BCUT2D eigenvalue weighted by atomic mass is 10.3. The van der Waals surface area contributed by atoms with Gasteiger partial charge in [-0.1, -0.05) is 0 Å². The van der Waals surface area contributed by atoms with E-state index in [1.807, 2.05) is 22.6 Å². The maximum Gasteiger partial charge on any atom is 0.265 e. The van der Waals surface area contributed by atoms with Crippen LogP contribution in [0.15, 0.2) is 10.5 Å². The Morgan fingerprint density at radius 2 is 2.17 bits per heavy atom. The van der Waals surface area contributed by atoms with Crippen molar-refractivity contribution in [1.82, 2.24) is 4.98 Å². The third-order valence-corrected chi connectivity index (χ3v) is 2.63. The Labute approximate surface area is 89.8 Å². The molecule has 2 nitrogen and oxygen atoms in total. The van der Waals surface area contributed by atoms with E-state index in [-0.39, 0.29) is 15.9 Å². The Kier molecular flexibility index (Phi) is 3.22. The van der Waals surface area contributed by atoms with Crippen molar-refractivity contribution in [3.05, 3.63) is 19.8 Å². The van der Waals surface area contributed by atoms with Crippen LogP contribution in [0.1, 0.15) is 12.0 Å². The predicted octanol–water partition coefficient (Wildman–Crippen LogP) is 2.97. The Balaban J connectivity index is 3.28. The lowest BCUT2D eigenvalue weighted by Gasteiger charge is -2.05. The zero-order valence-corrected chi connectivity index (χ0v) is 9.43. The quantitative estimate of drug-likeness (QED) is 0.626. The van der Waals surface area contributed by atoms with Gasteiger partial charge in [-0.25, -0.2) is 13.8 Å². The predicted molar refractivity (Wildman–Crippen MR) is 54.0 cm³/mol. The minimum atomic E-state index is -2.53. The largest absolute Gasteiger partial charge is 0.383 e. The first-order valence-electron chi connectivity index (χ1n) is 2.92. The first kappa shape index (κ1) is 10.1. The van der Waals surface area contributed by atoms with Gasteiger partial charge in [0.05, 0.1) is 4.47 Å². The highest BCUT2D eigenvalue weighted by atomic mass is 127. The summed E-state index contributed by atoms with van der Waals surface area (Å²) in [6.07, 6.45) is -2.53.